The van der Waals surface area contributed by atoms with Crippen LogP contribution in [-0.2, 0) is 6.42 Å². The highest BCUT2D eigenvalue weighted by Crippen LogP contribution is 2.33. The highest BCUT2D eigenvalue weighted by atomic mass is 32.1. The average Bonchev–Trinajstić information content (AvgIpc) is 2.71. The van der Waals surface area contributed by atoms with Crippen LogP contribution in [0, 0.1) is 6.92 Å². The molecule has 0 saturated heterocycles. The minimum absolute atomic E-state index is 0.221. The van der Waals surface area contributed by atoms with E-state index < -0.39 is 0 Å². The molecule has 1 aromatic heterocycles. The molecule has 3 heteroatoms. The molecule has 1 aliphatic carbocycles. The Hall–Kier alpha value is -1.19. The zero-order chi connectivity index (χ0) is 12.5. The molecule has 1 aromatic carbocycles. The Morgan fingerprint density at radius 1 is 1.33 bits per heavy atom. The van der Waals surface area contributed by atoms with Crippen molar-refractivity contribution < 1.29 is 0 Å². The number of benzene rings is 1. The van der Waals surface area contributed by atoms with Gasteiger partial charge in [0.15, 0.2) is 0 Å². The van der Waals surface area contributed by atoms with Gasteiger partial charge < -0.3 is 5.73 Å². The van der Waals surface area contributed by atoms with Crippen molar-refractivity contribution in [2.45, 2.75) is 38.6 Å². The van der Waals surface area contributed by atoms with E-state index in [1.54, 1.807) is 11.3 Å². The van der Waals surface area contributed by atoms with Gasteiger partial charge in [0.2, 0.25) is 0 Å². The Bertz CT molecular complexity index is 559. The maximum Gasteiger partial charge on any atom is 0.0801 e. The number of nitrogens with two attached hydrogens (primary N) is 1. The van der Waals surface area contributed by atoms with E-state index in [1.165, 1.54) is 34.4 Å². The van der Waals surface area contributed by atoms with Crippen molar-refractivity contribution >= 4 is 11.3 Å². The van der Waals surface area contributed by atoms with Crippen molar-refractivity contribution in [3.63, 3.8) is 0 Å². The molecule has 1 heterocycles. The molecule has 0 aliphatic heterocycles. The van der Waals surface area contributed by atoms with Gasteiger partial charge in [0, 0.05) is 6.04 Å². The van der Waals surface area contributed by atoms with Crippen LogP contribution in [0.2, 0.25) is 0 Å². The molecule has 18 heavy (non-hydrogen) atoms. The standard InChI is InChI=1S/C15H18N2S/c1-10-15(18-9-17-10)12-6-7-13-11(8-12)4-2-3-5-14(13)16/h6-9,14H,2-5,16H2,1H3. The minimum Gasteiger partial charge on any atom is -0.324 e. The molecule has 2 nitrogen and oxygen atoms in total. The van der Waals surface area contributed by atoms with E-state index in [9.17, 15) is 0 Å². The topological polar surface area (TPSA) is 38.9 Å². The third-order valence-electron chi connectivity index (χ3n) is 3.76. The van der Waals surface area contributed by atoms with Gasteiger partial charge in [0.05, 0.1) is 16.1 Å². The van der Waals surface area contributed by atoms with Crippen LogP contribution in [0.1, 0.15) is 42.1 Å². The number of hydrogen-bond acceptors (Lipinski definition) is 3. The summed E-state index contributed by atoms with van der Waals surface area (Å²) in [6, 6.07) is 6.96. The average molecular weight is 258 g/mol. The van der Waals surface area contributed by atoms with Gasteiger partial charge >= 0.3 is 0 Å². The van der Waals surface area contributed by atoms with Crippen LogP contribution in [0.15, 0.2) is 23.7 Å². The lowest BCUT2D eigenvalue weighted by Gasteiger charge is -2.13. The van der Waals surface area contributed by atoms with Crippen LogP contribution >= 0.6 is 11.3 Å². The quantitative estimate of drug-likeness (QED) is 0.789. The molecule has 2 aromatic rings. The summed E-state index contributed by atoms with van der Waals surface area (Å²) in [5.74, 6) is 0. The number of nitrogens with zero attached hydrogens (tertiary/aromatic N) is 1. The molecule has 1 aliphatic rings. The lowest BCUT2D eigenvalue weighted by molar-refractivity contribution is 0.615. The Balaban J connectivity index is 2.05. The van der Waals surface area contributed by atoms with Crippen LogP contribution < -0.4 is 5.73 Å². The van der Waals surface area contributed by atoms with Crippen molar-refractivity contribution in [2.24, 2.45) is 5.73 Å². The SMILES string of the molecule is Cc1ncsc1-c1ccc2c(c1)CCCCC2N. The zero-order valence-electron chi connectivity index (χ0n) is 10.6. The summed E-state index contributed by atoms with van der Waals surface area (Å²) < 4.78 is 0. The van der Waals surface area contributed by atoms with Crippen LogP contribution in [0.25, 0.3) is 10.4 Å². The fraction of sp³-hybridized carbons (Fsp3) is 0.400. The Labute approximate surface area is 112 Å². The van der Waals surface area contributed by atoms with Crippen LogP contribution in [0.3, 0.4) is 0 Å². The van der Waals surface area contributed by atoms with Crippen molar-refractivity contribution in [1.29, 1.82) is 0 Å². The smallest absolute Gasteiger partial charge is 0.0801 e. The van der Waals surface area contributed by atoms with Crippen molar-refractivity contribution in [1.82, 2.24) is 4.98 Å². The molecule has 0 radical (unpaired) electrons. The molecular weight excluding hydrogens is 240 g/mol. The Morgan fingerprint density at radius 3 is 3.00 bits per heavy atom. The monoisotopic (exact) mass is 258 g/mol. The number of rotatable bonds is 1. The summed E-state index contributed by atoms with van der Waals surface area (Å²) in [6.07, 6.45) is 4.78. The molecule has 0 amide bonds. The summed E-state index contributed by atoms with van der Waals surface area (Å²) in [5.41, 5.74) is 13.4. The van der Waals surface area contributed by atoms with Gasteiger partial charge in [-0.15, -0.1) is 11.3 Å². The van der Waals surface area contributed by atoms with E-state index in [0.29, 0.717) is 0 Å². The summed E-state index contributed by atoms with van der Waals surface area (Å²) in [6.45, 7) is 2.07. The van der Waals surface area contributed by atoms with Crippen molar-refractivity contribution in [2.75, 3.05) is 0 Å². The van der Waals surface area contributed by atoms with Gasteiger partial charge in [-0.2, -0.15) is 0 Å². The van der Waals surface area contributed by atoms with Crippen LogP contribution in [0.4, 0.5) is 0 Å². The third-order valence-corrected chi connectivity index (χ3v) is 4.74. The molecule has 3 rings (SSSR count). The highest BCUT2D eigenvalue weighted by Gasteiger charge is 2.16. The predicted molar refractivity (Wildman–Crippen MR) is 76.8 cm³/mol. The van der Waals surface area contributed by atoms with Crippen LogP contribution in [-0.4, -0.2) is 4.98 Å². The van der Waals surface area contributed by atoms with Gasteiger partial charge in [0.25, 0.3) is 0 Å². The Morgan fingerprint density at radius 2 is 2.22 bits per heavy atom. The number of thiazole rings is 1. The first-order valence-electron chi connectivity index (χ1n) is 6.54. The van der Waals surface area contributed by atoms with Gasteiger partial charge in [0.1, 0.15) is 0 Å². The fourth-order valence-corrected chi connectivity index (χ4v) is 3.54. The summed E-state index contributed by atoms with van der Waals surface area (Å²) in [4.78, 5) is 5.62. The highest BCUT2D eigenvalue weighted by molar-refractivity contribution is 7.13. The van der Waals surface area contributed by atoms with Gasteiger partial charge in [-0.1, -0.05) is 18.6 Å². The number of aryl methyl sites for hydroxylation is 2. The molecule has 94 valence electrons. The molecule has 2 N–H and O–H groups in total. The molecule has 1 atom stereocenters. The van der Waals surface area contributed by atoms with E-state index in [1.807, 2.05) is 5.51 Å². The second-order valence-electron chi connectivity index (χ2n) is 5.03. The van der Waals surface area contributed by atoms with E-state index in [-0.39, 0.29) is 6.04 Å². The lowest BCUT2D eigenvalue weighted by atomic mass is 9.96. The van der Waals surface area contributed by atoms with Gasteiger partial charge in [-0.05, 0) is 48.9 Å². The zero-order valence-corrected chi connectivity index (χ0v) is 11.5. The molecule has 0 fully saturated rings. The summed E-state index contributed by atoms with van der Waals surface area (Å²) in [5, 5.41) is 0. The first-order chi connectivity index (χ1) is 8.75. The second-order valence-corrected chi connectivity index (χ2v) is 5.89. The van der Waals surface area contributed by atoms with Gasteiger partial charge in [-0.25, -0.2) is 4.98 Å². The third kappa shape index (κ3) is 2.08. The number of aromatic nitrogens is 1. The predicted octanol–water partition coefficient (Wildman–Crippen LogP) is 3.84. The first kappa shape index (κ1) is 11.9. The normalized spacial score (nSPS) is 19.3. The number of hydrogen-bond donors (Lipinski definition) is 1. The van der Waals surface area contributed by atoms with E-state index in [4.69, 9.17) is 5.73 Å². The summed E-state index contributed by atoms with van der Waals surface area (Å²) in [7, 11) is 0. The van der Waals surface area contributed by atoms with Crippen molar-refractivity contribution in [3.05, 3.63) is 40.5 Å². The molecule has 0 bridgehead atoms. The molecular formula is C15H18N2S. The van der Waals surface area contributed by atoms with E-state index >= 15 is 0 Å². The Kier molecular flexibility index (Phi) is 3.18. The van der Waals surface area contributed by atoms with E-state index in [2.05, 4.69) is 30.1 Å². The minimum atomic E-state index is 0.221. The van der Waals surface area contributed by atoms with Gasteiger partial charge in [-0.3, -0.25) is 0 Å². The van der Waals surface area contributed by atoms with Crippen LogP contribution in [0.5, 0.6) is 0 Å². The van der Waals surface area contributed by atoms with E-state index in [0.717, 1.165) is 18.5 Å². The first-order valence-corrected chi connectivity index (χ1v) is 7.42. The second kappa shape index (κ2) is 4.82. The molecule has 0 spiro atoms. The fourth-order valence-electron chi connectivity index (χ4n) is 2.74. The maximum atomic E-state index is 6.24. The molecule has 1 unspecified atom stereocenters. The molecule has 0 saturated carbocycles. The maximum absolute atomic E-state index is 6.24. The number of fused-ring (bicyclic) bond motifs is 1. The lowest BCUT2D eigenvalue weighted by Crippen LogP contribution is -2.10. The van der Waals surface area contributed by atoms with Crippen molar-refractivity contribution in [3.8, 4) is 10.4 Å². The largest absolute Gasteiger partial charge is 0.324 e. The summed E-state index contributed by atoms with van der Waals surface area (Å²) >= 11 is 1.72.